The molecule has 14 heavy (non-hydrogen) atoms. The van der Waals surface area contributed by atoms with Crippen molar-refractivity contribution in [3.8, 4) is 0 Å². The van der Waals surface area contributed by atoms with Crippen LogP contribution in [0.25, 0.3) is 0 Å². The zero-order chi connectivity index (χ0) is 10.7. The third kappa shape index (κ3) is 1.98. The summed E-state index contributed by atoms with van der Waals surface area (Å²) >= 11 is 5.36. The number of pyridine rings is 1. The van der Waals surface area contributed by atoms with Gasteiger partial charge in [-0.2, -0.15) is 0 Å². The maximum Gasteiger partial charge on any atom is 0.269 e. The molecule has 1 N–H and O–H groups in total. The maximum atomic E-state index is 12.3. The van der Waals surface area contributed by atoms with Crippen molar-refractivity contribution in [1.29, 1.82) is 0 Å². The largest absolute Gasteiger partial charge is 0.355 e. The van der Waals surface area contributed by atoms with Gasteiger partial charge in [-0.15, -0.1) is 11.6 Å². The zero-order valence-electron chi connectivity index (χ0n) is 6.89. The minimum atomic E-state index is -2.90. The summed E-state index contributed by atoms with van der Waals surface area (Å²) in [7, 11) is 0. The summed E-state index contributed by atoms with van der Waals surface area (Å²) in [6.45, 7) is 0. The van der Waals surface area contributed by atoms with Crippen LogP contribution in [-0.2, 0) is 5.88 Å². The molecule has 1 aromatic rings. The Labute approximate surface area is 82.7 Å². The van der Waals surface area contributed by atoms with Gasteiger partial charge in [0.05, 0.1) is 17.1 Å². The molecule has 0 spiro atoms. The molecule has 0 fully saturated rings. The van der Waals surface area contributed by atoms with E-state index in [1.807, 2.05) is 0 Å². The number of carbonyl (C=O) groups excluding carboxylic acids is 1. The van der Waals surface area contributed by atoms with Crippen LogP contribution in [0.5, 0.6) is 0 Å². The lowest BCUT2D eigenvalue weighted by Gasteiger charge is -2.05. The SMILES string of the molecule is O=Cc1cc(=O)c(C(F)F)c(CCl)[nH]1. The summed E-state index contributed by atoms with van der Waals surface area (Å²) in [5, 5.41) is 0. The number of hydrogen-bond donors (Lipinski definition) is 1. The molecule has 0 aliphatic carbocycles. The molecule has 0 radical (unpaired) electrons. The second-order valence-electron chi connectivity index (χ2n) is 2.53. The molecule has 1 rings (SSSR count). The molecule has 0 saturated heterocycles. The molecule has 6 heteroatoms. The highest BCUT2D eigenvalue weighted by atomic mass is 35.5. The molecule has 0 aliphatic rings. The Morgan fingerprint density at radius 3 is 2.64 bits per heavy atom. The average molecular weight is 222 g/mol. The van der Waals surface area contributed by atoms with Crippen LogP contribution in [0.15, 0.2) is 10.9 Å². The molecular formula is C8H6ClF2NO2. The van der Waals surface area contributed by atoms with Crippen molar-refractivity contribution in [2.75, 3.05) is 0 Å². The van der Waals surface area contributed by atoms with Crippen molar-refractivity contribution in [1.82, 2.24) is 4.98 Å². The second kappa shape index (κ2) is 4.32. The summed E-state index contributed by atoms with van der Waals surface area (Å²) in [6.07, 6.45) is -2.53. The number of aldehydes is 1. The van der Waals surface area contributed by atoms with Gasteiger partial charge in [-0.25, -0.2) is 8.78 Å². The highest BCUT2D eigenvalue weighted by Gasteiger charge is 2.17. The zero-order valence-corrected chi connectivity index (χ0v) is 7.65. The third-order valence-corrected chi connectivity index (χ3v) is 1.92. The van der Waals surface area contributed by atoms with Gasteiger partial charge in [0.15, 0.2) is 11.7 Å². The van der Waals surface area contributed by atoms with Gasteiger partial charge < -0.3 is 4.98 Å². The summed E-state index contributed by atoms with van der Waals surface area (Å²) in [5.74, 6) is -0.267. The fourth-order valence-electron chi connectivity index (χ4n) is 1.05. The van der Waals surface area contributed by atoms with Gasteiger partial charge in [0.1, 0.15) is 0 Å². The van der Waals surface area contributed by atoms with E-state index in [-0.39, 0.29) is 17.3 Å². The van der Waals surface area contributed by atoms with Crippen LogP contribution in [0.2, 0.25) is 0 Å². The van der Waals surface area contributed by atoms with E-state index in [0.29, 0.717) is 6.29 Å². The Morgan fingerprint density at radius 2 is 2.21 bits per heavy atom. The molecule has 1 heterocycles. The lowest BCUT2D eigenvalue weighted by atomic mass is 10.2. The minimum Gasteiger partial charge on any atom is -0.355 e. The lowest BCUT2D eigenvalue weighted by Crippen LogP contribution is -2.15. The number of rotatable bonds is 3. The van der Waals surface area contributed by atoms with Gasteiger partial charge in [0, 0.05) is 11.8 Å². The van der Waals surface area contributed by atoms with Crippen molar-refractivity contribution >= 4 is 17.9 Å². The van der Waals surface area contributed by atoms with E-state index in [9.17, 15) is 18.4 Å². The smallest absolute Gasteiger partial charge is 0.269 e. The summed E-state index contributed by atoms with van der Waals surface area (Å²) in [6, 6.07) is 0.824. The van der Waals surface area contributed by atoms with Crippen LogP contribution >= 0.6 is 11.6 Å². The first-order chi connectivity index (χ1) is 6.60. The van der Waals surface area contributed by atoms with Crippen LogP contribution < -0.4 is 5.43 Å². The van der Waals surface area contributed by atoms with Crippen molar-refractivity contribution in [2.45, 2.75) is 12.3 Å². The van der Waals surface area contributed by atoms with E-state index in [4.69, 9.17) is 11.6 Å². The molecule has 3 nitrogen and oxygen atoms in total. The minimum absolute atomic E-state index is 0.0601. The first-order valence-electron chi connectivity index (χ1n) is 3.65. The van der Waals surface area contributed by atoms with Crippen molar-refractivity contribution in [3.63, 3.8) is 0 Å². The molecule has 0 atom stereocenters. The van der Waals surface area contributed by atoms with Gasteiger partial charge in [-0.1, -0.05) is 0 Å². The van der Waals surface area contributed by atoms with Gasteiger partial charge in [-0.05, 0) is 0 Å². The molecule has 0 aliphatic heterocycles. The summed E-state index contributed by atoms with van der Waals surface area (Å²) < 4.78 is 24.7. The number of alkyl halides is 3. The Balaban J connectivity index is 3.42. The van der Waals surface area contributed by atoms with Crippen molar-refractivity contribution in [3.05, 3.63) is 33.2 Å². The Bertz CT molecular complexity index is 403. The monoisotopic (exact) mass is 221 g/mol. The maximum absolute atomic E-state index is 12.3. The molecule has 76 valence electrons. The number of hydrogen-bond acceptors (Lipinski definition) is 2. The Hall–Kier alpha value is -1.23. The quantitative estimate of drug-likeness (QED) is 0.626. The van der Waals surface area contributed by atoms with Crippen molar-refractivity contribution in [2.24, 2.45) is 0 Å². The number of aromatic nitrogens is 1. The normalized spacial score (nSPS) is 10.6. The number of nitrogens with one attached hydrogen (secondary N) is 1. The van der Waals surface area contributed by atoms with Crippen molar-refractivity contribution < 1.29 is 13.6 Å². The first-order valence-corrected chi connectivity index (χ1v) is 4.19. The standard InChI is InChI=1S/C8H6ClF2NO2/c9-2-5-7(8(10)11)6(14)1-4(3-13)12-5/h1,3,8H,2H2,(H,12,14). The molecule has 0 saturated carbocycles. The second-order valence-corrected chi connectivity index (χ2v) is 2.80. The van der Waals surface area contributed by atoms with E-state index >= 15 is 0 Å². The first kappa shape index (κ1) is 10.8. The van der Waals surface area contributed by atoms with E-state index < -0.39 is 17.4 Å². The topological polar surface area (TPSA) is 49.9 Å². The molecule has 0 unspecified atom stereocenters. The number of halogens is 3. The van der Waals surface area contributed by atoms with E-state index in [2.05, 4.69) is 4.98 Å². The van der Waals surface area contributed by atoms with Gasteiger partial charge in [-0.3, -0.25) is 9.59 Å². The van der Waals surface area contributed by atoms with E-state index in [1.165, 1.54) is 0 Å². The predicted molar refractivity (Wildman–Crippen MR) is 47.0 cm³/mol. The molecular weight excluding hydrogens is 216 g/mol. The number of H-pyrrole nitrogens is 1. The molecule has 0 bridgehead atoms. The van der Waals surface area contributed by atoms with Crippen LogP contribution in [-0.4, -0.2) is 11.3 Å². The summed E-state index contributed by atoms with van der Waals surface area (Å²) in [4.78, 5) is 23.8. The Kier molecular flexibility index (Phi) is 3.35. The highest BCUT2D eigenvalue weighted by Crippen LogP contribution is 2.19. The third-order valence-electron chi connectivity index (χ3n) is 1.65. The van der Waals surface area contributed by atoms with Crippen LogP contribution in [0.4, 0.5) is 8.78 Å². The fourth-order valence-corrected chi connectivity index (χ4v) is 1.26. The van der Waals surface area contributed by atoms with Gasteiger partial charge in [0.2, 0.25) is 0 Å². The predicted octanol–water partition coefficient (Wildman–Crippen LogP) is 1.86. The van der Waals surface area contributed by atoms with Crippen LogP contribution in [0, 0.1) is 0 Å². The molecule has 0 amide bonds. The number of aromatic amines is 1. The molecule has 1 aromatic heterocycles. The highest BCUT2D eigenvalue weighted by molar-refractivity contribution is 6.17. The molecule has 0 aromatic carbocycles. The Morgan fingerprint density at radius 1 is 1.57 bits per heavy atom. The van der Waals surface area contributed by atoms with E-state index in [0.717, 1.165) is 6.07 Å². The van der Waals surface area contributed by atoms with Gasteiger partial charge in [0.25, 0.3) is 6.43 Å². The number of carbonyl (C=O) groups is 1. The van der Waals surface area contributed by atoms with E-state index in [1.54, 1.807) is 0 Å². The lowest BCUT2D eigenvalue weighted by molar-refractivity contribution is 0.111. The fraction of sp³-hybridized carbons (Fsp3) is 0.250. The van der Waals surface area contributed by atoms with Gasteiger partial charge >= 0.3 is 0 Å². The summed E-state index contributed by atoms with van der Waals surface area (Å²) in [5.41, 5.74) is -1.73. The average Bonchev–Trinajstić information content (AvgIpc) is 2.15. The van der Waals surface area contributed by atoms with Crippen LogP contribution in [0.1, 0.15) is 28.2 Å². The van der Waals surface area contributed by atoms with Crippen LogP contribution in [0.3, 0.4) is 0 Å².